The molecule has 0 saturated carbocycles. The molecular formula is C23H29N5O3S. The van der Waals surface area contributed by atoms with Crippen LogP contribution in [0.25, 0.3) is 0 Å². The lowest BCUT2D eigenvalue weighted by molar-refractivity contribution is -0.135. The molecule has 9 heteroatoms. The maximum atomic E-state index is 12.4. The minimum atomic E-state index is -0.329. The molecule has 0 atom stereocenters. The van der Waals surface area contributed by atoms with Crippen LogP contribution < -0.4 is 16.0 Å². The molecule has 0 fully saturated rings. The Bertz CT molecular complexity index is 995. The molecule has 1 aromatic heterocycles. The maximum absolute atomic E-state index is 12.4. The highest BCUT2D eigenvalue weighted by molar-refractivity contribution is 7.99. The van der Waals surface area contributed by atoms with E-state index in [-0.39, 0.29) is 43.3 Å². The number of likely N-dealkylation sites (N-methyl/N-ethyl adjacent to an activating group) is 1. The monoisotopic (exact) mass is 455 g/mol. The first-order chi connectivity index (χ1) is 15.3. The highest BCUT2D eigenvalue weighted by Gasteiger charge is 2.16. The molecule has 32 heavy (non-hydrogen) atoms. The minimum absolute atomic E-state index is 0.0735. The van der Waals surface area contributed by atoms with E-state index in [0.29, 0.717) is 13.1 Å². The van der Waals surface area contributed by atoms with Crippen molar-refractivity contribution in [1.82, 2.24) is 25.8 Å². The molecule has 3 N–H and O–H groups in total. The van der Waals surface area contributed by atoms with E-state index >= 15 is 0 Å². The number of amides is 3. The number of nitrogens with one attached hydrogen (secondary N) is 3. The average Bonchev–Trinajstić information content (AvgIpc) is 2.77. The van der Waals surface area contributed by atoms with E-state index < -0.39 is 0 Å². The molecule has 1 aliphatic heterocycles. The van der Waals surface area contributed by atoms with E-state index in [4.69, 9.17) is 4.98 Å². The van der Waals surface area contributed by atoms with Gasteiger partial charge >= 0.3 is 0 Å². The molecule has 2 heterocycles. The van der Waals surface area contributed by atoms with Crippen molar-refractivity contribution in [2.24, 2.45) is 0 Å². The molecule has 0 spiro atoms. The highest BCUT2D eigenvalue weighted by Crippen LogP contribution is 2.32. The zero-order valence-corrected chi connectivity index (χ0v) is 19.4. The fourth-order valence-electron chi connectivity index (χ4n) is 3.12. The van der Waals surface area contributed by atoms with Gasteiger partial charge in [0.2, 0.25) is 17.7 Å². The molecule has 1 aromatic carbocycles. The van der Waals surface area contributed by atoms with Gasteiger partial charge in [-0.25, -0.2) is 4.98 Å². The normalized spacial score (nSPS) is 16.6. The molecule has 0 saturated heterocycles. The molecule has 0 radical (unpaired) electrons. The first-order valence-corrected chi connectivity index (χ1v) is 11.4. The third kappa shape index (κ3) is 6.54. The lowest BCUT2D eigenvalue weighted by Crippen LogP contribution is -2.44. The Morgan fingerprint density at radius 1 is 0.906 bits per heavy atom. The van der Waals surface area contributed by atoms with E-state index in [0.717, 1.165) is 26.7 Å². The zero-order chi connectivity index (χ0) is 23.1. The minimum Gasteiger partial charge on any atom is -0.350 e. The molecule has 0 aliphatic carbocycles. The molecular weight excluding hydrogens is 426 g/mol. The topological polar surface area (TPSA) is 103 Å². The van der Waals surface area contributed by atoms with Gasteiger partial charge in [0.1, 0.15) is 5.03 Å². The Kier molecular flexibility index (Phi) is 8.24. The Hall–Kier alpha value is -2.91. The molecule has 0 bridgehead atoms. The summed E-state index contributed by atoms with van der Waals surface area (Å²) in [7, 11) is 1.54. The summed E-state index contributed by atoms with van der Waals surface area (Å²) in [6.45, 7) is 4.85. The molecule has 8 nitrogen and oxygen atoms in total. The predicted octanol–water partition coefficient (Wildman–Crippen LogP) is 1.65. The standard InChI is InChI=1S/C23H29N5O3S/c1-15(2)18-9-8-17-10-24-12-20(29)26-13-22(31)28(3)14-21(30)25-11-16-6-4-5-7-19(16)32-23(17)27-18/h4-9,15,24H,10-14H2,1-3H3,(H,25,30)(H,26,29). The maximum Gasteiger partial charge on any atom is 0.242 e. The van der Waals surface area contributed by atoms with E-state index in [9.17, 15) is 14.4 Å². The van der Waals surface area contributed by atoms with Crippen molar-refractivity contribution in [3.63, 3.8) is 0 Å². The number of pyridine rings is 1. The van der Waals surface area contributed by atoms with Gasteiger partial charge in [-0.2, -0.15) is 0 Å². The van der Waals surface area contributed by atoms with Crippen LogP contribution in [0.15, 0.2) is 46.3 Å². The third-order valence-corrected chi connectivity index (χ3v) is 6.22. The van der Waals surface area contributed by atoms with Gasteiger partial charge in [-0.3, -0.25) is 14.4 Å². The van der Waals surface area contributed by atoms with Gasteiger partial charge in [0, 0.05) is 30.7 Å². The summed E-state index contributed by atoms with van der Waals surface area (Å²) in [6, 6.07) is 11.9. The van der Waals surface area contributed by atoms with Crippen LogP contribution >= 0.6 is 11.8 Å². The lowest BCUT2D eigenvalue weighted by Gasteiger charge is -2.17. The number of fused-ring (bicyclic) bond motifs is 2. The first-order valence-electron chi connectivity index (χ1n) is 10.6. The molecule has 3 amide bonds. The Balaban J connectivity index is 1.91. The summed E-state index contributed by atoms with van der Waals surface area (Å²) in [6.07, 6.45) is 0. The SMILES string of the molecule is CC(C)c1ccc2c(n1)Sc1ccccc1CNC(=O)CN(C)C(=O)CNC(=O)CNC2. The number of aromatic nitrogens is 1. The van der Waals surface area contributed by atoms with Gasteiger partial charge in [-0.1, -0.05) is 49.9 Å². The number of benzene rings is 1. The number of carbonyl (C=O) groups is 3. The van der Waals surface area contributed by atoms with E-state index in [2.05, 4.69) is 29.8 Å². The second-order valence-corrected chi connectivity index (χ2v) is 9.00. The number of nitrogens with zero attached hydrogens (tertiary/aromatic N) is 2. The van der Waals surface area contributed by atoms with Crippen molar-refractivity contribution >= 4 is 29.5 Å². The van der Waals surface area contributed by atoms with E-state index in [1.807, 2.05) is 36.4 Å². The van der Waals surface area contributed by atoms with Gasteiger partial charge in [-0.05, 0) is 29.2 Å². The summed E-state index contributed by atoms with van der Waals surface area (Å²) in [5, 5.41) is 9.47. The number of carbonyl (C=O) groups excluding carboxylic acids is 3. The van der Waals surface area contributed by atoms with Gasteiger partial charge in [0.25, 0.3) is 0 Å². The van der Waals surface area contributed by atoms with Crippen molar-refractivity contribution < 1.29 is 14.4 Å². The molecule has 1 aliphatic rings. The van der Waals surface area contributed by atoms with Crippen LogP contribution in [-0.2, 0) is 27.5 Å². The van der Waals surface area contributed by atoms with Gasteiger partial charge in [-0.15, -0.1) is 0 Å². The smallest absolute Gasteiger partial charge is 0.242 e. The molecule has 0 unspecified atom stereocenters. The van der Waals surface area contributed by atoms with Gasteiger partial charge in [0.15, 0.2) is 0 Å². The van der Waals surface area contributed by atoms with Crippen molar-refractivity contribution in [2.45, 2.75) is 42.8 Å². The van der Waals surface area contributed by atoms with Gasteiger partial charge in [0.05, 0.1) is 19.6 Å². The summed E-state index contributed by atoms with van der Waals surface area (Å²) in [5.41, 5.74) is 2.94. The van der Waals surface area contributed by atoms with Crippen LogP contribution in [0.3, 0.4) is 0 Å². The van der Waals surface area contributed by atoms with Crippen LogP contribution in [0.5, 0.6) is 0 Å². The van der Waals surface area contributed by atoms with Crippen molar-refractivity contribution in [1.29, 1.82) is 0 Å². The Morgan fingerprint density at radius 2 is 1.66 bits per heavy atom. The highest BCUT2D eigenvalue weighted by atomic mass is 32.2. The summed E-state index contributed by atoms with van der Waals surface area (Å²) in [4.78, 5) is 43.8. The van der Waals surface area contributed by atoms with Crippen LogP contribution in [0.2, 0.25) is 0 Å². The van der Waals surface area contributed by atoms with Crippen LogP contribution in [-0.4, -0.2) is 54.3 Å². The number of hydrogen-bond acceptors (Lipinski definition) is 6. The van der Waals surface area contributed by atoms with Crippen LogP contribution in [0.4, 0.5) is 0 Å². The van der Waals surface area contributed by atoms with Crippen molar-refractivity contribution in [3.05, 3.63) is 53.2 Å². The summed E-state index contributed by atoms with van der Waals surface area (Å²) in [5.74, 6) is -0.595. The molecule has 2 aromatic rings. The predicted molar refractivity (Wildman–Crippen MR) is 123 cm³/mol. The molecule has 170 valence electrons. The summed E-state index contributed by atoms with van der Waals surface area (Å²) < 4.78 is 0. The van der Waals surface area contributed by atoms with Gasteiger partial charge < -0.3 is 20.9 Å². The largest absolute Gasteiger partial charge is 0.350 e. The quantitative estimate of drug-likeness (QED) is 0.604. The first kappa shape index (κ1) is 23.7. The Labute approximate surface area is 192 Å². The van der Waals surface area contributed by atoms with Crippen molar-refractivity contribution in [2.75, 3.05) is 26.7 Å². The fourth-order valence-corrected chi connectivity index (χ4v) is 4.17. The van der Waals surface area contributed by atoms with Crippen LogP contribution in [0, 0.1) is 0 Å². The third-order valence-electron chi connectivity index (χ3n) is 5.05. The zero-order valence-electron chi connectivity index (χ0n) is 18.6. The summed E-state index contributed by atoms with van der Waals surface area (Å²) >= 11 is 1.55. The molecule has 3 rings (SSSR count). The fraction of sp³-hybridized carbons (Fsp3) is 0.391. The Morgan fingerprint density at radius 3 is 2.44 bits per heavy atom. The van der Waals surface area contributed by atoms with Crippen LogP contribution in [0.1, 0.15) is 36.6 Å². The lowest BCUT2D eigenvalue weighted by atomic mass is 10.1. The second-order valence-electron chi connectivity index (χ2n) is 7.97. The van der Waals surface area contributed by atoms with E-state index in [1.54, 1.807) is 18.8 Å². The van der Waals surface area contributed by atoms with E-state index in [1.165, 1.54) is 4.90 Å². The number of hydrogen-bond donors (Lipinski definition) is 3. The number of rotatable bonds is 1. The second kappa shape index (κ2) is 11.1. The van der Waals surface area contributed by atoms with Crippen molar-refractivity contribution in [3.8, 4) is 0 Å². The average molecular weight is 456 g/mol.